The molecule has 0 amide bonds. The van der Waals surface area contributed by atoms with Crippen LogP contribution in [0, 0.1) is 0 Å². The van der Waals surface area contributed by atoms with E-state index < -0.39 is 7.25 Å². The normalized spacial score (nSPS) is 12.0. The summed E-state index contributed by atoms with van der Waals surface area (Å²) in [6.07, 6.45) is 4.99. The molecular formula is C8H20BF4N. The van der Waals surface area contributed by atoms with Gasteiger partial charge < -0.3 is 23.0 Å². The van der Waals surface area contributed by atoms with Crippen molar-refractivity contribution in [2.75, 3.05) is 0 Å². The zero-order valence-electron chi connectivity index (χ0n) is 9.12. The summed E-state index contributed by atoms with van der Waals surface area (Å²) in [7, 11) is -6.00. The highest BCUT2D eigenvalue weighted by atomic mass is 19.5. The Labute approximate surface area is 83.2 Å². The van der Waals surface area contributed by atoms with Gasteiger partial charge in [0.1, 0.15) is 0 Å². The van der Waals surface area contributed by atoms with E-state index in [0.717, 1.165) is 0 Å². The van der Waals surface area contributed by atoms with Gasteiger partial charge in [-0.25, -0.2) is 0 Å². The Morgan fingerprint density at radius 2 is 1.29 bits per heavy atom. The van der Waals surface area contributed by atoms with Crippen molar-refractivity contribution in [1.29, 1.82) is 0 Å². The van der Waals surface area contributed by atoms with E-state index in [1.165, 1.54) is 25.7 Å². The van der Waals surface area contributed by atoms with Gasteiger partial charge in [-0.3, -0.25) is 0 Å². The Morgan fingerprint density at radius 1 is 1.00 bits per heavy atom. The summed E-state index contributed by atoms with van der Waals surface area (Å²) in [5.41, 5.74) is 4.58. The summed E-state index contributed by atoms with van der Waals surface area (Å²) in [6, 6.07) is 0. The SMILES string of the molecule is CCCC([NH3+])(CC)CC.F[B-](F)(F)F. The van der Waals surface area contributed by atoms with Gasteiger partial charge in [0.05, 0.1) is 5.54 Å². The summed E-state index contributed by atoms with van der Waals surface area (Å²) in [6.45, 7) is 6.68. The molecule has 0 fully saturated rings. The minimum Gasteiger partial charge on any atom is -0.418 e. The van der Waals surface area contributed by atoms with Gasteiger partial charge >= 0.3 is 7.25 Å². The second kappa shape index (κ2) is 7.09. The quantitative estimate of drug-likeness (QED) is 0.553. The van der Waals surface area contributed by atoms with E-state index in [4.69, 9.17) is 0 Å². The minimum atomic E-state index is -6.00. The third-order valence-electron chi connectivity index (χ3n) is 2.28. The van der Waals surface area contributed by atoms with Gasteiger partial charge in [0.2, 0.25) is 0 Å². The van der Waals surface area contributed by atoms with Crippen LogP contribution in [0.1, 0.15) is 46.5 Å². The minimum absolute atomic E-state index is 0.384. The Balaban J connectivity index is 0. The molecule has 0 heterocycles. The predicted molar refractivity (Wildman–Crippen MR) is 51.3 cm³/mol. The molecule has 0 aromatic rings. The molecule has 6 heteroatoms. The summed E-state index contributed by atoms with van der Waals surface area (Å²) in [5.74, 6) is 0. The lowest BCUT2D eigenvalue weighted by Gasteiger charge is -2.21. The maximum absolute atomic E-state index is 9.75. The first-order valence-corrected chi connectivity index (χ1v) is 4.91. The summed E-state index contributed by atoms with van der Waals surface area (Å²) in [5, 5.41) is 0. The van der Waals surface area contributed by atoms with Crippen LogP contribution in [0.3, 0.4) is 0 Å². The Kier molecular flexibility index (Phi) is 8.20. The molecule has 0 unspecified atom stereocenters. The van der Waals surface area contributed by atoms with E-state index in [0.29, 0.717) is 5.54 Å². The summed E-state index contributed by atoms with van der Waals surface area (Å²) >= 11 is 0. The van der Waals surface area contributed by atoms with Crippen molar-refractivity contribution in [1.82, 2.24) is 0 Å². The van der Waals surface area contributed by atoms with Crippen LogP contribution in [-0.2, 0) is 0 Å². The van der Waals surface area contributed by atoms with Crippen LogP contribution in [-0.4, -0.2) is 12.8 Å². The molecule has 0 radical (unpaired) electrons. The zero-order valence-corrected chi connectivity index (χ0v) is 9.12. The van der Waals surface area contributed by atoms with Crippen LogP contribution in [0.25, 0.3) is 0 Å². The van der Waals surface area contributed by atoms with Crippen molar-refractivity contribution in [3.63, 3.8) is 0 Å². The van der Waals surface area contributed by atoms with Crippen molar-refractivity contribution < 1.29 is 23.0 Å². The molecule has 3 N–H and O–H groups in total. The highest BCUT2D eigenvalue weighted by Gasteiger charge is 2.22. The van der Waals surface area contributed by atoms with Crippen molar-refractivity contribution >= 4 is 7.25 Å². The maximum atomic E-state index is 9.75. The number of hydrogen-bond donors (Lipinski definition) is 1. The van der Waals surface area contributed by atoms with E-state index in [9.17, 15) is 17.3 Å². The van der Waals surface area contributed by atoms with Crippen LogP contribution in [0.2, 0.25) is 0 Å². The van der Waals surface area contributed by atoms with Gasteiger partial charge in [-0.05, 0) is 12.8 Å². The number of hydrogen-bond acceptors (Lipinski definition) is 0. The van der Waals surface area contributed by atoms with Gasteiger partial charge in [-0.1, -0.05) is 27.2 Å². The molecule has 0 saturated carbocycles. The van der Waals surface area contributed by atoms with Crippen LogP contribution < -0.4 is 5.73 Å². The molecule has 0 atom stereocenters. The van der Waals surface area contributed by atoms with Crippen LogP contribution in [0.5, 0.6) is 0 Å². The molecule has 0 aromatic heterocycles. The summed E-state index contributed by atoms with van der Waals surface area (Å²) < 4.78 is 39.0. The fraction of sp³-hybridized carbons (Fsp3) is 1.00. The standard InChI is InChI=1S/C8H19N.BF4/c1-4-7-8(9,5-2)6-3;2-1(3,4)5/h4-7,9H2,1-3H3;/q;-1/p+1. The fourth-order valence-electron chi connectivity index (χ4n) is 1.13. The molecule has 0 rings (SSSR count). The first kappa shape index (κ1) is 16.2. The molecule has 0 aliphatic rings. The number of quaternary nitrogens is 1. The Bertz CT molecular complexity index is 128. The molecule has 0 saturated heterocycles. The van der Waals surface area contributed by atoms with E-state index in [1.807, 2.05) is 0 Å². The molecule has 0 aromatic carbocycles. The largest absolute Gasteiger partial charge is 0.673 e. The van der Waals surface area contributed by atoms with E-state index in [-0.39, 0.29) is 0 Å². The van der Waals surface area contributed by atoms with Gasteiger partial charge in [0, 0.05) is 6.42 Å². The second-order valence-corrected chi connectivity index (χ2v) is 3.45. The van der Waals surface area contributed by atoms with Crippen LogP contribution in [0.4, 0.5) is 17.3 Å². The lowest BCUT2D eigenvalue weighted by molar-refractivity contribution is -0.481. The molecule has 88 valence electrons. The third-order valence-corrected chi connectivity index (χ3v) is 2.28. The molecule has 0 aliphatic heterocycles. The lowest BCUT2D eigenvalue weighted by Crippen LogP contribution is -2.71. The molecule has 14 heavy (non-hydrogen) atoms. The number of rotatable bonds is 4. The molecule has 0 aliphatic carbocycles. The number of halogens is 4. The van der Waals surface area contributed by atoms with Crippen molar-refractivity contribution in [3.05, 3.63) is 0 Å². The second-order valence-electron chi connectivity index (χ2n) is 3.45. The smallest absolute Gasteiger partial charge is 0.418 e. The summed E-state index contributed by atoms with van der Waals surface area (Å²) in [4.78, 5) is 0. The van der Waals surface area contributed by atoms with Crippen LogP contribution in [0.15, 0.2) is 0 Å². The Hall–Kier alpha value is -0.255. The average Bonchev–Trinajstić information content (AvgIpc) is 2.02. The topological polar surface area (TPSA) is 27.6 Å². The van der Waals surface area contributed by atoms with Crippen molar-refractivity contribution in [3.8, 4) is 0 Å². The van der Waals surface area contributed by atoms with Gasteiger partial charge in [-0.15, -0.1) is 0 Å². The van der Waals surface area contributed by atoms with E-state index >= 15 is 0 Å². The first-order valence-electron chi connectivity index (χ1n) is 4.91. The van der Waals surface area contributed by atoms with E-state index in [2.05, 4.69) is 26.5 Å². The molecule has 0 bridgehead atoms. The average molecular weight is 217 g/mol. The third kappa shape index (κ3) is 14.3. The molecule has 0 spiro atoms. The van der Waals surface area contributed by atoms with Gasteiger partial charge in [-0.2, -0.15) is 0 Å². The Morgan fingerprint density at radius 3 is 1.36 bits per heavy atom. The fourth-order valence-corrected chi connectivity index (χ4v) is 1.13. The predicted octanol–water partition coefficient (Wildman–Crippen LogP) is 2.89. The molecule has 1 nitrogen and oxygen atoms in total. The van der Waals surface area contributed by atoms with Crippen molar-refractivity contribution in [2.24, 2.45) is 0 Å². The highest BCUT2D eigenvalue weighted by Crippen LogP contribution is 2.14. The maximum Gasteiger partial charge on any atom is 0.673 e. The lowest BCUT2D eigenvalue weighted by atomic mass is 9.89. The first-order chi connectivity index (χ1) is 6.18. The monoisotopic (exact) mass is 217 g/mol. The molecular weight excluding hydrogens is 197 g/mol. The van der Waals surface area contributed by atoms with E-state index in [1.54, 1.807) is 0 Å². The van der Waals surface area contributed by atoms with Gasteiger partial charge in [0.25, 0.3) is 0 Å². The van der Waals surface area contributed by atoms with Crippen LogP contribution >= 0.6 is 0 Å². The highest BCUT2D eigenvalue weighted by molar-refractivity contribution is 6.50. The zero-order chi connectivity index (χ0) is 11.8. The van der Waals surface area contributed by atoms with Crippen molar-refractivity contribution in [2.45, 2.75) is 52.0 Å². The van der Waals surface area contributed by atoms with Gasteiger partial charge in [0.15, 0.2) is 0 Å².